The van der Waals surface area contributed by atoms with Crippen LogP contribution in [0.5, 0.6) is 0 Å². The van der Waals surface area contributed by atoms with E-state index in [4.69, 9.17) is 4.74 Å². The molecule has 3 aliphatic rings. The van der Waals surface area contributed by atoms with E-state index in [9.17, 15) is 14.7 Å². The Morgan fingerprint density at radius 2 is 1.86 bits per heavy atom. The smallest absolute Gasteiger partial charge is 0.332 e. The lowest BCUT2D eigenvalue weighted by atomic mass is 9.85. The van der Waals surface area contributed by atoms with Crippen LogP contribution in [0.25, 0.3) is 0 Å². The molecule has 2 saturated heterocycles. The fourth-order valence-corrected chi connectivity index (χ4v) is 3.84. The molecule has 0 aromatic heterocycles. The highest BCUT2D eigenvalue weighted by molar-refractivity contribution is 5.83. The minimum Gasteiger partial charge on any atom is -0.480 e. The van der Waals surface area contributed by atoms with Gasteiger partial charge in [-0.2, -0.15) is 0 Å². The number of ether oxygens (including phenoxy) is 1. The highest BCUT2D eigenvalue weighted by Crippen LogP contribution is 2.39. The van der Waals surface area contributed by atoms with Gasteiger partial charge in [-0.25, -0.2) is 14.6 Å². The molecule has 3 fully saturated rings. The largest absolute Gasteiger partial charge is 0.480 e. The summed E-state index contributed by atoms with van der Waals surface area (Å²) in [5, 5.41) is 11.3. The minimum absolute atomic E-state index is 0.0842. The molecule has 1 saturated carbocycles. The maximum absolute atomic E-state index is 12.6. The molecule has 21 heavy (non-hydrogen) atoms. The maximum atomic E-state index is 12.6. The van der Waals surface area contributed by atoms with Gasteiger partial charge in [0.25, 0.3) is 0 Å². The van der Waals surface area contributed by atoms with Crippen molar-refractivity contribution in [3.63, 3.8) is 0 Å². The third kappa shape index (κ3) is 2.98. The Balaban J connectivity index is 1.69. The number of hydrogen-bond donors (Lipinski definition) is 2. The number of nitrogens with zero attached hydrogens (tertiary/aromatic N) is 2. The van der Waals surface area contributed by atoms with E-state index in [1.807, 2.05) is 5.01 Å². The first-order valence-corrected chi connectivity index (χ1v) is 7.81. The van der Waals surface area contributed by atoms with E-state index in [0.29, 0.717) is 38.6 Å². The predicted octanol–water partition coefficient (Wildman–Crippen LogP) is 0.661. The highest BCUT2D eigenvalue weighted by Gasteiger charge is 2.47. The Morgan fingerprint density at radius 1 is 1.14 bits per heavy atom. The lowest BCUT2D eigenvalue weighted by Gasteiger charge is -2.35. The molecule has 3 rings (SSSR count). The summed E-state index contributed by atoms with van der Waals surface area (Å²) in [6, 6.07) is -0.862. The Morgan fingerprint density at radius 3 is 2.57 bits per heavy atom. The van der Waals surface area contributed by atoms with Crippen molar-refractivity contribution < 1.29 is 19.4 Å². The maximum Gasteiger partial charge on any atom is 0.332 e. The number of hydrogen-bond acceptors (Lipinski definition) is 4. The van der Waals surface area contributed by atoms with E-state index in [1.54, 1.807) is 4.90 Å². The second kappa shape index (κ2) is 6.19. The Hall–Kier alpha value is -1.34. The molecule has 118 valence electrons. The van der Waals surface area contributed by atoms with Crippen LogP contribution in [0.1, 0.15) is 32.1 Å². The fourth-order valence-electron chi connectivity index (χ4n) is 3.84. The number of urea groups is 1. The number of carbonyl (C=O) groups excluding carboxylic acids is 1. The normalized spacial score (nSPS) is 33.5. The number of morpholine rings is 1. The van der Waals surface area contributed by atoms with Crippen molar-refractivity contribution in [3.8, 4) is 0 Å². The van der Waals surface area contributed by atoms with Crippen LogP contribution < -0.4 is 5.43 Å². The fraction of sp³-hybridized carbons (Fsp3) is 0.857. The molecule has 2 heterocycles. The molecule has 3 atom stereocenters. The van der Waals surface area contributed by atoms with Gasteiger partial charge in [0.05, 0.1) is 13.2 Å². The molecule has 0 bridgehead atoms. The van der Waals surface area contributed by atoms with E-state index in [2.05, 4.69) is 5.43 Å². The van der Waals surface area contributed by atoms with Crippen LogP contribution in [0.3, 0.4) is 0 Å². The molecule has 0 aromatic carbocycles. The molecule has 0 aromatic rings. The quantitative estimate of drug-likeness (QED) is 0.782. The van der Waals surface area contributed by atoms with Gasteiger partial charge in [0.1, 0.15) is 6.04 Å². The summed E-state index contributed by atoms with van der Waals surface area (Å²) in [6.07, 6.45) is 4.78. The van der Waals surface area contributed by atoms with E-state index in [0.717, 1.165) is 25.7 Å². The van der Waals surface area contributed by atoms with E-state index in [-0.39, 0.29) is 12.1 Å². The number of aliphatic carboxylic acids is 1. The minimum atomic E-state index is -0.887. The van der Waals surface area contributed by atoms with Gasteiger partial charge < -0.3 is 14.7 Å². The van der Waals surface area contributed by atoms with Gasteiger partial charge in [-0.05, 0) is 25.2 Å². The summed E-state index contributed by atoms with van der Waals surface area (Å²) in [6.45, 7) is 2.47. The van der Waals surface area contributed by atoms with Crippen molar-refractivity contribution in [1.82, 2.24) is 15.3 Å². The zero-order chi connectivity index (χ0) is 14.8. The van der Waals surface area contributed by atoms with Crippen molar-refractivity contribution in [2.45, 2.75) is 44.2 Å². The number of carboxylic acid groups (broad SMARTS) is 1. The van der Waals surface area contributed by atoms with Crippen LogP contribution >= 0.6 is 0 Å². The summed E-state index contributed by atoms with van der Waals surface area (Å²) in [7, 11) is 0. The summed E-state index contributed by atoms with van der Waals surface area (Å²) in [4.78, 5) is 25.6. The third-order valence-electron chi connectivity index (χ3n) is 4.87. The van der Waals surface area contributed by atoms with Gasteiger partial charge in [0.15, 0.2) is 0 Å². The van der Waals surface area contributed by atoms with Crippen LogP contribution in [0.2, 0.25) is 0 Å². The highest BCUT2D eigenvalue weighted by atomic mass is 16.5. The molecule has 7 nitrogen and oxygen atoms in total. The van der Waals surface area contributed by atoms with Crippen LogP contribution in [0.15, 0.2) is 0 Å². The lowest BCUT2D eigenvalue weighted by Crippen LogP contribution is -2.57. The molecule has 3 unspecified atom stereocenters. The molecule has 2 N–H and O–H groups in total. The van der Waals surface area contributed by atoms with Gasteiger partial charge in [-0.3, -0.25) is 5.43 Å². The zero-order valence-corrected chi connectivity index (χ0v) is 12.2. The standard InChI is InChI=1S/C14H23N3O4/c18-13(19)12-9-10-3-1-2-4-11(10)17(12)14(20)15-16-5-7-21-8-6-16/h10-12H,1-9H2,(H,15,20)(H,18,19). The monoisotopic (exact) mass is 297 g/mol. The predicted molar refractivity (Wildman–Crippen MR) is 74.5 cm³/mol. The first-order valence-electron chi connectivity index (χ1n) is 7.81. The number of nitrogens with one attached hydrogen (secondary N) is 1. The summed E-state index contributed by atoms with van der Waals surface area (Å²) >= 11 is 0. The van der Waals surface area contributed by atoms with Crippen molar-refractivity contribution >= 4 is 12.0 Å². The molecule has 0 radical (unpaired) electrons. The van der Waals surface area contributed by atoms with E-state index >= 15 is 0 Å². The molecule has 2 aliphatic heterocycles. The van der Waals surface area contributed by atoms with Crippen LogP contribution in [0, 0.1) is 5.92 Å². The molecule has 0 spiro atoms. The van der Waals surface area contributed by atoms with Gasteiger partial charge in [0.2, 0.25) is 0 Å². The van der Waals surface area contributed by atoms with E-state index in [1.165, 1.54) is 0 Å². The van der Waals surface area contributed by atoms with Crippen LogP contribution in [-0.2, 0) is 9.53 Å². The molecule has 1 aliphatic carbocycles. The summed E-state index contributed by atoms with van der Waals surface area (Å²) in [5.74, 6) is -0.545. The number of hydrazine groups is 1. The first-order chi connectivity index (χ1) is 10.2. The topological polar surface area (TPSA) is 82.1 Å². The van der Waals surface area contributed by atoms with Crippen LogP contribution in [0.4, 0.5) is 4.79 Å². The number of amides is 2. The lowest BCUT2D eigenvalue weighted by molar-refractivity contribution is -0.141. The number of carbonyl (C=O) groups is 2. The summed E-state index contributed by atoms with van der Waals surface area (Å²) < 4.78 is 5.25. The van der Waals surface area contributed by atoms with Crippen molar-refractivity contribution in [2.24, 2.45) is 5.92 Å². The van der Waals surface area contributed by atoms with Crippen molar-refractivity contribution in [2.75, 3.05) is 26.3 Å². The number of fused-ring (bicyclic) bond motifs is 1. The summed E-state index contributed by atoms with van der Waals surface area (Å²) in [5.41, 5.74) is 2.86. The van der Waals surface area contributed by atoms with Crippen molar-refractivity contribution in [1.29, 1.82) is 0 Å². The third-order valence-corrected chi connectivity index (χ3v) is 4.87. The average molecular weight is 297 g/mol. The molecule has 7 heteroatoms. The van der Waals surface area contributed by atoms with Gasteiger partial charge in [-0.1, -0.05) is 12.8 Å². The Bertz CT molecular complexity index is 411. The van der Waals surface area contributed by atoms with Gasteiger partial charge in [-0.15, -0.1) is 0 Å². The van der Waals surface area contributed by atoms with E-state index < -0.39 is 12.0 Å². The molecule has 2 amide bonds. The first kappa shape index (κ1) is 14.6. The number of rotatable bonds is 2. The van der Waals surface area contributed by atoms with Gasteiger partial charge in [0, 0.05) is 19.1 Å². The number of likely N-dealkylation sites (tertiary alicyclic amines) is 1. The molecular formula is C14H23N3O4. The Kier molecular flexibility index (Phi) is 4.30. The Labute approximate surface area is 124 Å². The van der Waals surface area contributed by atoms with Crippen LogP contribution in [-0.4, -0.2) is 65.4 Å². The number of carboxylic acids is 1. The second-order valence-corrected chi connectivity index (χ2v) is 6.13. The average Bonchev–Trinajstić information content (AvgIpc) is 2.88. The zero-order valence-electron chi connectivity index (χ0n) is 12.2. The SMILES string of the molecule is O=C(O)C1CC2CCCCC2N1C(=O)NN1CCOCC1. The van der Waals surface area contributed by atoms with Crippen molar-refractivity contribution in [3.05, 3.63) is 0 Å². The molecular weight excluding hydrogens is 274 g/mol. The second-order valence-electron chi connectivity index (χ2n) is 6.13. The van der Waals surface area contributed by atoms with Gasteiger partial charge >= 0.3 is 12.0 Å².